The van der Waals surface area contributed by atoms with Gasteiger partial charge < -0.3 is 10.2 Å². The number of amides is 1. The van der Waals surface area contributed by atoms with Crippen LogP contribution in [0.3, 0.4) is 0 Å². The number of piperidine rings is 1. The first-order valence-electron chi connectivity index (χ1n) is 7.50. The Balaban J connectivity index is 1.72. The summed E-state index contributed by atoms with van der Waals surface area (Å²) in [5, 5.41) is 3.28. The summed E-state index contributed by atoms with van der Waals surface area (Å²) in [5.74, 6) is 0.122. The maximum Gasteiger partial charge on any atom is 0.226 e. The quantitative estimate of drug-likeness (QED) is 0.915. The third kappa shape index (κ3) is 3.01. The molecule has 3 rings (SSSR count). The van der Waals surface area contributed by atoms with Crippen LogP contribution in [0.5, 0.6) is 0 Å². The van der Waals surface area contributed by atoms with Crippen LogP contribution in [-0.2, 0) is 11.3 Å². The van der Waals surface area contributed by atoms with Crippen molar-refractivity contribution in [2.75, 3.05) is 13.1 Å². The minimum absolute atomic E-state index is 0.114. The SMILES string of the molecule is O=C(C1CCNCC1)N(Cc1ccccc1F)C1CC1. The second kappa shape index (κ2) is 5.92. The van der Waals surface area contributed by atoms with Crippen molar-refractivity contribution in [3.63, 3.8) is 0 Å². The van der Waals surface area contributed by atoms with E-state index in [1.807, 2.05) is 11.0 Å². The molecule has 2 aliphatic rings. The molecule has 0 spiro atoms. The number of carbonyl (C=O) groups excluding carboxylic acids is 1. The van der Waals surface area contributed by atoms with Crippen molar-refractivity contribution < 1.29 is 9.18 Å². The largest absolute Gasteiger partial charge is 0.335 e. The highest BCUT2D eigenvalue weighted by Gasteiger charge is 2.36. The Labute approximate surface area is 119 Å². The van der Waals surface area contributed by atoms with Gasteiger partial charge >= 0.3 is 0 Å². The molecule has 108 valence electrons. The number of rotatable bonds is 4. The van der Waals surface area contributed by atoms with Crippen molar-refractivity contribution in [1.82, 2.24) is 10.2 Å². The van der Waals surface area contributed by atoms with E-state index in [0.29, 0.717) is 18.2 Å². The Morgan fingerprint density at radius 1 is 1.20 bits per heavy atom. The minimum atomic E-state index is -0.212. The van der Waals surface area contributed by atoms with E-state index in [1.54, 1.807) is 12.1 Å². The maximum atomic E-state index is 13.8. The Bertz CT molecular complexity index is 481. The van der Waals surface area contributed by atoms with Crippen LogP contribution in [0.1, 0.15) is 31.2 Å². The molecule has 20 heavy (non-hydrogen) atoms. The van der Waals surface area contributed by atoms with Crippen molar-refractivity contribution in [2.24, 2.45) is 5.92 Å². The molecule has 1 N–H and O–H groups in total. The van der Waals surface area contributed by atoms with E-state index < -0.39 is 0 Å². The van der Waals surface area contributed by atoms with Crippen LogP contribution in [0, 0.1) is 11.7 Å². The molecule has 1 aliphatic carbocycles. The minimum Gasteiger partial charge on any atom is -0.335 e. The van der Waals surface area contributed by atoms with Gasteiger partial charge in [-0.2, -0.15) is 0 Å². The zero-order valence-corrected chi connectivity index (χ0v) is 11.6. The lowest BCUT2D eigenvalue weighted by Crippen LogP contribution is -2.41. The van der Waals surface area contributed by atoms with Crippen LogP contribution in [-0.4, -0.2) is 29.9 Å². The average Bonchev–Trinajstić information content (AvgIpc) is 3.31. The summed E-state index contributed by atoms with van der Waals surface area (Å²) in [4.78, 5) is 14.6. The lowest BCUT2D eigenvalue weighted by atomic mass is 9.96. The fraction of sp³-hybridized carbons (Fsp3) is 0.562. The van der Waals surface area contributed by atoms with E-state index in [-0.39, 0.29) is 17.6 Å². The standard InChI is InChI=1S/C16H21FN2O/c17-15-4-2-1-3-13(15)11-19(14-5-6-14)16(20)12-7-9-18-10-8-12/h1-4,12,14,18H,5-11H2. The molecule has 1 amide bonds. The van der Waals surface area contributed by atoms with Gasteiger partial charge in [-0.05, 0) is 44.8 Å². The molecule has 0 radical (unpaired) electrons. The molecule has 1 heterocycles. The summed E-state index contributed by atoms with van der Waals surface area (Å²) >= 11 is 0. The van der Waals surface area contributed by atoms with Crippen LogP contribution >= 0.6 is 0 Å². The number of benzene rings is 1. The van der Waals surface area contributed by atoms with Gasteiger partial charge in [-0.1, -0.05) is 18.2 Å². The van der Waals surface area contributed by atoms with Gasteiger partial charge in [-0.15, -0.1) is 0 Å². The molecule has 1 saturated carbocycles. The molecule has 1 aliphatic heterocycles. The zero-order chi connectivity index (χ0) is 13.9. The van der Waals surface area contributed by atoms with Gasteiger partial charge in [0.2, 0.25) is 5.91 Å². The smallest absolute Gasteiger partial charge is 0.226 e. The highest BCUT2D eigenvalue weighted by Crippen LogP contribution is 2.31. The Morgan fingerprint density at radius 2 is 1.90 bits per heavy atom. The van der Waals surface area contributed by atoms with E-state index in [4.69, 9.17) is 0 Å². The predicted molar refractivity (Wildman–Crippen MR) is 75.6 cm³/mol. The average molecular weight is 276 g/mol. The zero-order valence-electron chi connectivity index (χ0n) is 11.6. The molecule has 0 bridgehead atoms. The number of carbonyl (C=O) groups is 1. The molecule has 1 saturated heterocycles. The van der Waals surface area contributed by atoms with Crippen molar-refractivity contribution in [3.05, 3.63) is 35.6 Å². The summed E-state index contributed by atoms with van der Waals surface area (Å²) in [6.45, 7) is 2.24. The number of nitrogens with zero attached hydrogens (tertiary/aromatic N) is 1. The molecule has 1 aromatic rings. The van der Waals surface area contributed by atoms with E-state index in [0.717, 1.165) is 38.8 Å². The fourth-order valence-electron chi connectivity index (χ4n) is 2.89. The third-order valence-electron chi connectivity index (χ3n) is 4.26. The highest BCUT2D eigenvalue weighted by molar-refractivity contribution is 5.79. The molecule has 3 nitrogen and oxygen atoms in total. The second-order valence-electron chi connectivity index (χ2n) is 5.81. The van der Waals surface area contributed by atoms with Crippen LogP contribution < -0.4 is 5.32 Å². The number of hydrogen-bond acceptors (Lipinski definition) is 2. The molecule has 1 aromatic carbocycles. The maximum absolute atomic E-state index is 13.8. The molecule has 0 atom stereocenters. The van der Waals surface area contributed by atoms with Crippen LogP contribution in [0.15, 0.2) is 24.3 Å². The van der Waals surface area contributed by atoms with Gasteiger partial charge in [0.25, 0.3) is 0 Å². The molecular weight excluding hydrogens is 255 g/mol. The normalized spacial score (nSPS) is 19.9. The molecular formula is C16H21FN2O. The van der Waals surface area contributed by atoms with Gasteiger partial charge in [-0.3, -0.25) is 4.79 Å². The molecule has 0 aromatic heterocycles. The molecule has 0 unspecified atom stereocenters. The first-order chi connectivity index (χ1) is 9.75. The summed E-state index contributed by atoms with van der Waals surface area (Å²) in [5.41, 5.74) is 0.627. The Kier molecular flexibility index (Phi) is 4.01. The highest BCUT2D eigenvalue weighted by atomic mass is 19.1. The fourth-order valence-corrected chi connectivity index (χ4v) is 2.89. The van der Waals surface area contributed by atoms with Gasteiger partial charge in [0.1, 0.15) is 5.82 Å². The number of halogens is 1. The second-order valence-corrected chi connectivity index (χ2v) is 5.81. The van der Waals surface area contributed by atoms with Crippen molar-refractivity contribution in [2.45, 2.75) is 38.3 Å². The summed E-state index contributed by atoms with van der Waals surface area (Å²) < 4.78 is 13.8. The van der Waals surface area contributed by atoms with Crippen molar-refractivity contribution in [1.29, 1.82) is 0 Å². The first kappa shape index (κ1) is 13.6. The monoisotopic (exact) mass is 276 g/mol. The summed E-state index contributed by atoms with van der Waals surface area (Å²) in [6.07, 6.45) is 3.93. The topological polar surface area (TPSA) is 32.3 Å². The number of hydrogen-bond donors (Lipinski definition) is 1. The van der Waals surface area contributed by atoms with Gasteiger partial charge in [0, 0.05) is 24.1 Å². The van der Waals surface area contributed by atoms with E-state index in [9.17, 15) is 9.18 Å². The summed E-state index contributed by atoms with van der Waals surface area (Å²) in [7, 11) is 0. The van der Waals surface area contributed by atoms with Gasteiger partial charge in [-0.25, -0.2) is 4.39 Å². The lowest BCUT2D eigenvalue weighted by molar-refractivity contribution is -0.137. The molecule has 2 fully saturated rings. The van der Waals surface area contributed by atoms with Crippen LogP contribution in [0.2, 0.25) is 0 Å². The first-order valence-corrected chi connectivity index (χ1v) is 7.50. The molecule has 4 heteroatoms. The van der Waals surface area contributed by atoms with Crippen LogP contribution in [0.4, 0.5) is 4.39 Å². The van der Waals surface area contributed by atoms with Crippen LogP contribution in [0.25, 0.3) is 0 Å². The van der Waals surface area contributed by atoms with Crippen molar-refractivity contribution in [3.8, 4) is 0 Å². The Hall–Kier alpha value is -1.42. The lowest BCUT2D eigenvalue weighted by Gasteiger charge is -2.30. The van der Waals surface area contributed by atoms with E-state index in [2.05, 4.69) is 5.32 Å². The van der Waals surface area contributed by atoms with E-state index in [1.165, 1.54) is 6.07 Å². The van der Waals surface area contributed by atoms with Gasteiger partial charge in [0.05, 0.1) is 0 Å². The predicted octanol–water partition coefficient (Wildman–Crippen LogP) is 2.32. The van der Waals surface area contributed by atoms with Crippen molar-refractivity contribution >= 4 is 5.91 Å². The summed E-state index contributed by atoms with van der Waals surface area (Å²) in [6, 6.07) is 7.10. The number of nitrogens with one attached hydrogen (secondary N) is 1. The third-order valence-corrected chi connectivity index (χ3v) is 4.26. The van der Waals surface area contributed by atoms with E-state index >= 15 is 0 Å². The Morgan fingerprint density at radius 3 is 2.55 bits per heavy atom. The van der Waals surface area contributed by atoms with Gasteiger partial charge in [0.15, 0.2) is 0 Å².